The van der Waals surface area contributed by atoms with Gasteiger partial charge in [-0.15, -0.1) is 0 Å². The highest BCUT2D eigenvalue weighted by Gasteiger charge is 2.48. The second-order valence-corrected chi connectivity index (χ2v) is 10.9. The average Bonchev–Trinajstić information content (AvgIpc) is 3.18. The van der Waals surface area contributed by atoms with Gasteiger partial charge < -0.3 is 38.0 Å². The number of nitrogens with one attached hydrogen (secondary N) is 1. The molecule has 0 spiro atoms. The smallest absolute Gasteiger partial charge is 0.488 e. The summed E-state index contributed by atoms with van der Waals surface area (Å²) < 4.78 is 68.9. The standard InChI is InChI=1S/C13H21N2O15P3/c1-7(15-4-8(22-2)11(16)14-12(15)17)26-10(9-5-24-13(23-3)27-9)6-25-31-28-32(18,19)30-33(20,21)29-31/h4,7,9-10,13H,5-6H2,1-3H3,(H,18,19)(H,20,21)(H,14,16,17)/t7?,9?,10-,13?/m1/s1. The van der Waals surface area contributed by atoms with Gasteiger partial charge in [0.15, 0.2) is 0 Å². The molecule has 0 aromatic carbocycles. The summed E-state index contributed by atoms with van der Waals surface area (Å²) in [6.07, 6.45) is -1.79. The van der Waals surface area contributed by atoms with E-state index in [1.54, 1.807) is 0 Å². The van der Waals surface area contributed by atoms with Crippen molar-refractivity contribution in [2.75, 3.05) is 27.4 Å². The fraction of sp³-hybridized carbons (Fsp3) is 0.692. The Hall–Kier alpha value is -1.03. The van der Waals surface area contributed by atoms with Crippen LogP contribution in [0, 0.1) is 0 Å². The van der Waals surface area contributed by atoms with Crippen molar-refractivity contribution >= 4 is 24.2 Å². The number of rotatable bonds is 9. The molecule has 0 saturated carbocycles. The molecule has 3 heterocycles. The van der Waals surface area contributed by atoms with Crippen LogP contribution in [-0.2, 0) is 45.5 Å². The normalized spacial score (nSPS) is 34.2. The van der Waals surface area contributed by atoms with Crippen LogP contribution in [0.1, 0.15) is 13.2 Å². The Labute approximate surface area is 186 Å². The van der Waals surface area contributed by atoms with E-state index in [1.165, 1.54) is 21.1 Å². The van der Waals surface area contributed by atoms with Crippen molar-refractivity contribution in [2.24, 2.45) is 0 Å². The molecule has 2 saturated heterocycles. The predicted octanol–water partition coefficient (Wildman–Crippen LogP) is 0.302. The van der Waals surface area contributed by atoms with Crippen molar-refractivity contribution in [1.82, 2.24) is 9.55 Å². The van der Waals surface area contributed by atoms with Crippen molar-refractivity contribution in [3.8, 4) is 5.75 Å². The molecule has 17 nitrogen and oxygen atoms in total. The summed E-state index contributed by atoms with van der Waals surface area (Å²) in [6.45, 7) is -0.0748. The predicted molar refractivity (Wildman–Crippen MR) is 105 cm³/mol. The fourth-order valence-corrected chi connectivity index (χ4v) is 6.87. The second-order valence-electron chi connectivity index (χ2n) is 6.37. The second kappa shape index (κ2) is 10.7. The van der Waals surface area contributed by atoms with Gasteiger partial charge in [-0.2, -0.15) is 4.31 Å². The van der Waals surface area contributed by atoms with Crippen LogP contribution < -0.4 is 16.0 Å². The SMILES string of the molecule is COc1cn(C(C)O[C@H](COP2OP(=O)(O)OP(=O)(O)O2)C2COC(OC)O2)c(=O)[nH]c1=O. The number of aromatic nitrogens is 2. The highest BCUT2D eigenvalue weighted by atomic mass is 31.3. The van der Waals surface area contributed by atoms with Gasteiger partial charge in [-0.1, -0.05) is 0 Å². The largest absolute Gasteiger partial charge is 0.490 e. The number of aromatic amines is 1. The average molecular weight is 538 g/mol. The summed E-state index contributed by atoms with van der Waals surface area (Å²) in [5.74, 6) is -0.150. The highest BCUT2D eigenvalue weighted by molar-refractivity contribution is 7.72. The summed E-state index contributed by atoms with van der Waals surface area (Å²) >= 11 is 0. The van der Waals surface area contributed by atoms with Crippen LogP contribution in [0.15, 0.2) is 15.8 Å². The van der Waals surface area contributed by atoms with E-state index in [-0.39, 0.29) is 12.4 Å². The maximum atomic E-state index is 12.2. The van der Waals surface area contributed by atoms with Gasteiger partial charge in [0.2, 0.25) is 5.75 Å². The van der Waals surface area contributed by atoms with Crippen molar-refractivity contribution < 1.29 is 60.1 Å². The van der Waals surface area contributed by atoms with E-state index in [1.807, 2.05) is 0 Å². The van der Waals surface area contributed by atoms with Crippen LogP contribution in [0.25, 0.3) is 0 Å². The first-order chi connectivity index (χ1) is 15.4. The van der Waals surface area contributed by atoms with E-state index in [0.717, 1.165) is 10.8 Å². The Bertz CT molecular complexity index is 1020. The third-order valence-electron chi connectivity index (χ3n) is 4.10. The molecular formula is C13H21N2O15P3. The topological polar surface area (TPSA) is 213 Å². The molecule has 2 aliphatic rings. The highest BCUT2D eigenvalue weighted by Crippen LogP contribution is 2.76. The molecular weight excluding hydrogens is 517 g/mol. The lowest BCUT2D eigenvalue weighted by Gasteiger charge is -2.30. The minimum Gasteiger partial charge on any atom is -0.490 e. The van der Waals surface area contributed by atoms with Crippen molar-refractivity contribution in [3.63, 3.8) is 0 Å². The molecule has 0 radical (unpaired) electrons. The van der Waals surface area contributed by atoms with E-state index in [9.17, 15) is 28.5 Å². The van der Waals surface area contributed by atoms with E-state index < -0.39 is 67.0 Å². The quantitative estimate of drug-likeness (QED) is 0.361. The Morgan fingerprint density at radius 2 is 1.94 bits per heavy atom. The number of H-pyrrole nitrogens is 1. The van der Waals surface area contributed by atoms with Crippen molar-refractivity contribution in [2.45, 2.75) is 31.8 Å². The Kier molecular flexibility index (Phi) is 8.62. The summed E-state index contributed by atoms with van der Waals surface area (Å²) in [5, 5.41) is 0. The molecule has 33 heavy (non-hydrogen) atoms. The molecule has 2 fully saturated rings. The van der Waals surface area contributed by atoms with Crippen molar-refractivity contribution in [1.29, 1.82) is 0 Å². The van der Waals surface area contributed by atoms with Gasteiger partial charge in [0, 0.05) is 7.11 Å². The Morgan fingerprint density at radius 3 is 2.52 bits per heavy atom. The van der Waals surface area contributed by atoms with E-state index in [2.05, 4.69) is 17.9 Å². The van der Waals surface area contributed by atoms with Crippen molar-refractivity contribution in [3.05, 3.63) is 27.0 Å². The van der Waals surface area contributed by atoms with Gasteiger partial charge in [0.1, 0.15) is 18.4 Å². The number of hydrogen-bond acceptors (Lipinski definition) is 13. The summed E-state index contributed by atoms with van der Waals surface area (Å²) in [7, 11) is -10.0. The number of ether oxygens (including phenoxy) is 5. The Morgan fingerprint density at radius 1 is 1.27 bits per heavy atom. The van der Waals surface area contributed by atoms with Crippen LogP contribution in [0.2, 0.25) is 0 Å². The minimum absolute atomic E-state index is 0.0389. The number of phosphoric acid groups is 2. The molecule has 0 bridgehead atoms. The monoisotopic (exact) mass is 538 g/mol. The van der Waals surface area contributed by atoms with Gasteiger partial charge in [-0.3, -0.25) is 14.3 Å². The van der Waals surface area contributed by atoms with Gasteiger partial charge in [0.05, 0.1) is 26.5 Å². The van der Waals surface area contributed by atoms with E-state index >= 15 is 0 Å². The van der Waals surface area contributed by atoms with Crippen LogP contribution in [0.5, 0.6) is 5.75 Å². The fourth-order valence-electron chi connectivity index (χ4n) is 2.67. The van der Waals surface area contributed by atoms with Crippen LogP contribution in [0.3, 0.4) is 0 Å². The summed E-state index contributed by atoms with van der Waals surface area (Å²) in [6, 6.07) is 0. The summed E-state index contributed by atoms with van der Waals surface area (Å²) in [5.41, 5.74) is -1.53. The Balaban J connectivity index is 1.76. The molecule has 6 atom stereocenters. The molecule has 0 aliphatic carbocycles. The van der Waals surface area contributed by atoms with E-state index in [0.29, 0.717) is 0 Å². The molecule has 3 rings (SSSR count). The maximum Gasteiger partial charge on any atom is 0.488 e. The zero-order valence-electron chi connectivity index (χ0n) is 17.3. The maximum absolute atomic E-state index is 12.2. The van der Waals surface area contributed by atoms with E-state index in [4.69, 9.17) is 28.2 Å². The molecule has 2 aliphatic heterocycles. The van der Waals surface area contributed by atoms with Crippen LogP contribution in [0.4, 0.5) is 0 Å². The molecule has 1 aromatic rings. The molecule has 3 N–H and O–H groups in total. The molecule has 0 amide bonds. The van der Waals surface area contributed by atoms with Gasteiger partial charge >= 0.3 is 29.9 Å². The molecule has 188 valence electrons. The number of hydrogen-bond donors (Lipinski definition) is 3. The molecule has 5 unspecified atom stereocenters. The van der Waals surface area contributed by atoms with Gasteiger partial charge in [0.25, 0.3) is 12.0 Å². The van der Waals surface area contributed by atoms with Crippen LogP contribution in [-0.4, -0.2) is 65.5 Å². The lowest BCUT2D eigenvalue weighted by Crippen LogP contribution is -2.40. The van der Waals surface area contributed by atoms with Gasteiger partial charge in [-0.25, -0.2) is 22.5 Å². The number of methoxy groups -OCH3 is 2. The lowest BCUT2D eigenvalue weighted by molar-refractivity contribution is -0.235. The van der Waals surface area contributed by atoms with Gasteiger partial charge in [-0.05, 0) is 6.92 Å². The zero-order chi connectivity index (χ0) is 24.4. The first-order valence-electron chi connectivity index (χ1n) is 8.97. The number of nitrogens with zero attached hydrogens (tertiary/aromatic N) is 1. The lowest BCUT2D eigenvalue weighted by atomic mass is 10.2. The summed E-state index contributed by atoms with van der Waals surface area (Å²) in [4.78, 5) is 44.7. The minimum atomic E-state index is -4.90. The molecule has 20 heteroatoms. The van der Waals surface area contributed by atoms with Crippen LogP contribution >= 0.6 is 24.2 Å². The third kappa shape index (κ3) is 6.99. The first kappa shape index (κ1) is 26.6. The zero-order valence-corrected chi connectivity index (χ0v) is 20.0. The molecule has 1 aromatic heterocycles. The first-order valence-corrected chi connectivity index (χ1v) is 13.1. The third-order valence-corrected chi connectivity index (χ3v) is 8.83.